The SMILES string of the molecule is COC1C(O[S-](=O)=POCC2OC(n3cnc4c(N)ncnc43)C(OC)C2O[S-](=O)=P)C(CO)OC1n1ccc(N)nc1=O. The van der Waals surface area contributed by atoms with E-state index in [0.717, 1.165) is 4.57 Å². The summed E-state index contributed by atoms with van der Waals surface area (Å²) in [5.74, 6) is 0.189. The van der Waals surface area contributed by atoms with Crippen molar-refractivity contribution in [1.82, 2.24) is 29.1 Å². The fraction of sp³-hybridized carbons (Fsp3) is 0.571. The molecule has 8 atom stereocenters. The van der Waals surface area contributed by atoms with Crippen molar-refractivity contribution in [2.75, 3.05) is 38.9 Å². The Morgan fingerprint density at radius 1 is 1.02 bits per heavy atom. The van der Waals surface area contributed by atoms with Gasteiger partial charge in [0.2, 0.25) is 0 Å². The molecule has 2 saturated heterocycles. The summed E-state index contributed by atoms with van der Waals surface area (Å²) in [6.45, 7) is -0.719. The van der Waals surface area contributed by atoms with Crippen molar-refractivity contribution in [2.45, 2.75) is 49.1 Å². The molecule has 0 amide bonds. The maximum Gasteiger partial charge on any atom is 0.351 e. The summed E-state index contributed by atoms with van der Waals surface area (Å²) in [6.07, 6.45) is -3.40. The number of nitrogens with two attached hydrogens (primary N) is 2. The third-order valence-corrected chi connectivity index (χ3v) is 9.21. The Morgan fingerprint density at radius 2 is 1.70 bits per heavy atom. The molecule has 0 aromatic carbocycles. The number of nitrogens with zero attached hydrogens (tertiary/aromatic N) is 6. The molecule has 3 aromatic heterocycles. The number of imidazole rings is 1. The number of aliphatic hydroxyl groups is 1. The molecule has 3 aromatic rings. The number of hydrogen-bond acceptors (Lipinski definition) is 19. The van der Waals surface area contributed by atoms with Crippen LogP contribution in [-0.2, 0) is 60.8 Å². The number of aromatic nitrogens is 6. The Balaban J connectivity index is 1.30. The summed E-state index contributed by atoms with van der Waals surface area (Å²) < 4.78 is 67.5. The fourth-order valence-electron chi connectivity index (χ4n) is 4.92. The molecule has 8 unspecified atom stereocenters. The minimum absolute atomic E-state index is 0.0168. The molecule has 2 aliphatic rings. The molecule has 0 bridgehead atoms. The lowest BCUT2D eigenvalue weighted by Gasteiger charge is -2.26. The van der Waals surface area contributed by atoms with E-state index in [-0.39, 0.29) is 25.8 Å². The van der Waals surface area contributed by atoms with E-state index in [2.05, 4.69) is 28.0 Å². The Morgan fingerprint density at radius 3 is 2.36 bits per heavy atom. The van der Waals surface area contributed by atoms with Crippen molar-refractivity contribution in [1.29, 1.82) is 0 Å². The Hall–Kier alpha value is -2.39. The quantitative estimate of drug-likeness (QED) is 0.159. The highest BCUT2D eigenvalue weighted by Crippen LogP contribution is 2.37. The molecule has 23 heteroatoms. The molecule has 5 N–H and O–H groups in total. The van der Waals surface area contributed by atoms with Crippen molar-refractivity contribution >= 4 is 58.9 Å². The van der Waals surface area contributed by atoms with E-state index in [0.29, 0.717) is 11.2 Å². The van der Waals surface area contributed by atoms with E-state index in [1.54, 1.807) is 4.57 Å². The Kier molecular flexibility index (Phi) is 10.8. The number of fused-ring (bicyclic) bond motifs is 1. The first-order valence-electron chi connectivity index (χ1n) is 12.6. The third kappa shape index (κ3) is 6.74. The number of rotatable bonds is 12. The monoisotopic (exact) mass is 694 g/mol. The van der Waals surface area contributed by atoms with Crippen LogP contribution < -0.4 is 17.2 Å². The van der Waals surface area contributed by atoms with Gasteiger partial charge in [0.1, 0.15) is 42.1 Å². The van der Waals surface area contributed by atoms with Crippen LogP contribution in [0.4, 0.5) is 11.6 Å². The van der Waals surface area contributed by atoms with E-state index in [1.807, 2.05) is 0 Å². The molecular formula is C21H28N8O11P2S2-2. The van der Waals surface area contributed by atoms with Crippen LogP contribution in [0.3, 0.4) is 0 Å². The average Bonchev–Trinajstić information content (AvgIpc) is 3.66. The summed E-state index contributed by atoms with van der Waals surface area (Å²) in [6, 6.07) is 1.40. The fourth-order valence-corrected chi connectivity index (χ4v) is 7.28. The Labute approximate surface area is 256 Å². The zero-order valence-corrected chi connectivity index (χ0v) is 26.5. The molecule has 44 heavy (non-hydrogen) atoms. The maximum atomic E-state index is 12.9. The van der Waals surface area contributed by atoms with Gasteiger partial charge in [-0.1, -0.05) is 10.3 Å². The van der Waals surface area contributed by atoms with Gasteiger partial charge in [-0.25, -0.2) is 27.8 Å². The van der Waals surface area contributed by atoms with Crippen LogP contribution in [0.15, 0.2) is 29.7 Å². The van der Waals surface area contributed by atoms with E-state index in [4.69, 9.17) is 43.3 Å². The first kappa shape index (κ1) is 33.0. The number of aliphatic hydroxyl groups excluding tert-OH is 1. The highest BCUT2D eigenvalue weighted by Gasteiger charge is 2.47. The van der Waals surface area contributed by atoms with Crippen LogP contribution in [0, 0.1) is 0 Å². The lowest BCUT2D eigenvalue weighted by Crippen LogP contribution is -2.39. The molecule has 19 nitrogen and oxygen atoms in total. The van der Waals surface area contributed by atoms with Gasteiger partial charge in [-0.3, -0.25) is 9.13 Å². The zero-order chi connectivity index (χ0) is 31.5. The van der Waals surface area contributed by atoms with Crippen molar-refractivity contribution in [2.24, 2.45) is 0 Å². The largest absolute Gasteiger partial charge is 0.441 e. The van der Waals surface area contributed by atoms with Gasteiger partial charge in [-0.2, -0.15) is 4.98 Å². The first-order chi connectivity index (χ1) is 21.2. The summed E-state index contributed by atoms with van der Waals surface area (Å²) >= 11 is 0. The van der Waals surface area contributed by atoms with E-state index >= 15 is 0 Å². The van der Waals surface area contributed by atoms with Crippen LogP contribution in [0.2, 0.25) is 0 Å². The summed E-state index contributed by atoms with van der Waals surface area (Å²) in [4.78, 5) is 28.5. The van der Waals surface area contributed by atoms with Gasteiger partial charge in [0.25, 0.3) is 0 Å². The average molecular weight is 695 g/mol. The molecule has 5 heterocycles. The predicted molar refractivity (Wildman–Crippen MR) is 156 cm³/mol. The van der Waals surface area contributed by atoms with E-state index < -0.39 is 81.9 Å². The molecule has 5 rings (SSSR count). The molecule has 0 spiro atoms. The number of anilines is 2. The molecule has 0 saturated carbocycles. The first-order valence-corrected chi connectivity index (χ1v) is 17.4. The van der Waals surface area contributed by atoms with Gasteiger partial charge in [0, 0.05) is 20.4 Å². The van der Waals surface area contributed by atoms with Crippen LogP contribution in [0.1, 0.15) is 12.5 Å². The Bertz CT molecular complexity index is 1700. The maximum absolute atomic E-state index is 12.9. The third-order valence-electron chi connectivity index (χ3n) is 6.83. The van der Waals surface area contributed by atoms with Crippen molar-refractivity contribution < 1.29 is 45.4 Å². The van der Waals surface area contributed by atoms with Gasteiger partial charge in [0.05, 0.1) is 31.7 Å². The second kappa shape index (κ2) is 14.4. The number of methoxy groups -OCH3 is 2. The number of hydrogen-bond donors (Lipinski definition) is 3. The summed E-state index contributed by atoms with van der Waals surface area (Å²) in [5.41, 5.74) is 11.5. The predicted octanol–water partition coefficient (Wildman–Crippen LogP) is -0.557. The van der Waals surface area contributed by atoms with Crippen LogP contribution in [0.25, 0.3) is 11.2 Å². The van der Waals surface area contributed by atoms with Gasteiger partial charge >= 0.3 is 5.69 Å². The summed E-state index contributed by atoms with van der Waals surface area (Å²) in [5, 5.41) is 9.89. The lowest BCUT2D eigenvalue weighted by molar-refractivity contribution is -0.0624. The smallest absolute Gasteiger partial charge is 0.351 e. The van der Waals surface area contributed by atoms with Crippen molar-refractivity contribution in [3.05, 3.63) is 35.4 Å². The normalized spacial score (nSPS) is 29.6. The second-order valence-corrected chi connectivity index (χ2v) is 13.3. The zero-order valence-electron chi connectivity index (χ0n) is 23.0. The van der Waals surface area contributed by atoms with E-state index in [9.17, 15) is 18.3 Å². The van der Waals surface area contributed by atoms with Gasteiger partial charge in [-0.15, -0.1) is 10.3 Å². The summed E-state index contributed by atoms with van der Waals surface area (Å²) in [7, 11) is 1.55. The van der Waals surface area contributed by atoms with Gasteiger partial charge in [0.15, 0.2) is 23.9 Å². The van der Waals surface area contributed by atoms with E-state index in [1.165, 1.54) is 39.1 Å². The van der Waals surface area contributed by atoms with Crippen LogP contribution in [-0.4, -0.2) is 98.2 Å². The van der Waals surface area contributed by atoms with Crippen LogP contribution in [0.5, 0.6) is 0 Å². The topological polar surface area (TPSA) is 250 Å². The minimum atomic E-state index is -2.11. The van der Waals surface area contributed by atoms with Crippen molar-refractivity contribution in [3.63, 3.8) is 0 Å². The lowest BCUT2D eigenvalue weighted by atomic mass is 10.1. The molecule has 2 fully saturated rings. The highest BCUT2D eigenvalue weighted by molar-refractivity contribution is 8.08. The number of nitrogen functional groups attached to an aromatic ring is 2. The second-order valence-electron chi connectivity index (χ2n) is 9.28. The number of ether oxygens (including phenoxy) is 4. The van der Waals surface area contributed by atoms with Crippen LogP contribution >= 0.6 is 15.6 Å². The standard InChI is InChI=1S/C21H28N8O11P2S2/c1-34-15-13(9(5-30)37-19(15)28-4-3-11(22)27-21(28)31)40-44(33)42-36-6-10-14(39-43(32)41)16(35-2)20(38-10)29-8-26-12-17(23)24-7-25-18(12)29/h3-4,7-10,13-16,19-20,30,41H,5-6H2,1-2H3,(H2,22,27,31)(H2,23,24,25)/q-2. The van der Waals surface area contributed by atoms with Gasteiger partial charge in [-0.05, 0) is 13.6 Å². The highest BCUT2D eigenvalue weighted by atomic mass is 32.5. The molecule has 0 radical (unpaired) electrons. The molecule has 0 aliphatic carbocycles. The van der Waals surface area contributed by atoms with Gasteiger partial charge < -0.3 is 56.8 Å². The molecule has 242 valence electrons. The van der Waals surface area contributed by atoms with Crippen molar-refractivity contribution in [3.8, 4) is 0 Å². The molecule has 2 aliphatic heterocycles. The molecular weight excluding hydrogens is 666 g/mol. The minimum Gasteiger partial charge on any atom is -0.441 e.